The molecule has 1 atom stereocenters. The molecule has 0 aromatic carbocycles. The SMILES string of the molecule is Cc1nccn1CCNC(=O)N1CCC[C@@]2(CC1)CN(C)C(=O)O2. The summed E-state index contributed by atoms with van der Waals surface area (Å²) in [5.74, 6) is 0.938. The molecule has 132 valence electrons. The molecule has 3 heterocycles. The lowest BCUT2D eigenvalue weighted by Gasteiger charge is -2.25. The molecule has 1 aromatic heterocycles. The van der Waals surface area contributed by atoms with E-state index >= 15 is 0 Å². The van der Waals surface area contributed by atoms with E-state index in [0.29, 0.717) is 39.1 Å². The van der Waals surface area contributed by atoms with Gasteiger partial charge in [-0.15, -0.1) is 0 Å². The Kier molecular flexibility index (Phi) is 4.64. The molecule has 1 N–H and O–H groups in total. The summed E-state index contributed by atoms with van der Waals surface area (Å²) in [4.78, 5) is 31.6. The summed E-state index contributed by atoms with van der Waals surface area (Å²) in [5.41, 5.74) is -0.422. The van der Waals surface area contributed by atoms with E-state index in [2.05, 4.69) is 10.3 Å². The number of aromatic nitrogens is 2. The van der Waals surface area contributed by atoms with Gasteiger partial charge in [0.15, 0.2) is 0 Å². The van der Waals surface area contributed by atoms with Crippen molar-refractivity contribution in [2.75, 3.05) is 33.2 Å². The maximum atomic E-state index is 12.4. The fourth-order valence-corrected chi connectivity index (χ4v) is 3.46. The number of urea groups is 1. The monoisotopic (exact) mass is 335 g/mol. The molecule has 2 fully saturated rings. The Morgan fingerprint density at radius 3 is 2.92 bits per heavy atom. The molecular formula is C16H25N5O3. The first-order valence-electron chi connectivity index (χ1n) is 8.44. The smallest absolute Gasteiger partial charge is 0.410 e. The first kappa shape index (κ1) is 16.6. The predicted molar refractivity (Wildman–Crippen MR) is 87.6 cm³/mol. The van der Waals surface area contributed by atoms with Gasteiger partial charge in [-0.25, -0.2) is 14.6 Å². The highest BCUT2D eigenvalue weighted by molar-refractivity contribution is 5.74. The molecule has 24 heavy (non-hydrogen) atoms. The van der Waals surface area contributed by atoms with Crippen molar-refractivity contribution in [1.29, 1.82) is 0 Å². The van der Waals surface area contributed by atoms with Gasteiger partial charge in [0, 0.05) is 52.0 Å². The molecule has 2 aliphatic rings. The Balaban J connectivity index is 1.48. The highest BCUT2D eigenvalue weighted by Gasteiger charge is 2.44. The van der Waals surface area contributed by atoms with Crippen LogP contribution >= 0.6 is 0 Å². The van der Waals surface area contributed by atoms with E-state index in [1.807, 2.05) is 22.6 Å². The Hall–Kier alpha value is -2.25. The lowest BCUT2D eigenvalue weighted by molar-refractivity contribution is 0.0453. The van der Waals surface area contributed by atoms with Crippen LogP contribution in [0.4, 0.5) is 9.59 Å². The van der Waals surface area contributed by atoms with Gasteiger partial charge in [-0.2, -0.15) is 0 Å². The number of aryl methyl sites for hydroxylation is 1. The third-order valence-corrected chi connectivity index (χ3v) is 4.88. The van der Waals surface area contributed by atoms with Crippen molar-refractivity contribution in [3.05, 3.63) is 18.2 Å². The summed E-state index contributed by atoms with van der Waals surface area (Å²) >= 11 is 0. The van der Waals surface area contributed by atoms with E-state index in [4.69, 9.17) is 4.74 Å². The molecule has 2 saturated heterocycles. The second-order valence-electron chi connectivity index (χ2n) is 6.65. The van der Waals surface area contributed by atoms with Crippen molar-refractivity contribution >= 4 is 12.1 Å². The van der Waals surface area contributed by atoms with Gasteiger partial charge in [0.25, 0.3) is 0 Å². The van der Waals surface area contributed by atoms with Crippen molar-refractivity contribution in [3.8, 4) is 0 Å². The van der Waals surface area contributed by atoms with Gasteiger partial charge >= 0.3 is 12.1 Å². The van der Waals surface area contributed by atoms with Gasteiger partial charge in [-0.3, -0.25) is 0 Å². The lowest BCUT2D eigenvalue weighted by atomic mass is 9.95. The second kappa shape index (κ2) is 6.70. The number of hydrogen-bond donors (Lipinski definition) is 1. The van der Waals surface area contributed by atoms with Crippen LogP contribution in [-0.2, 0) is 11.3 Å². The second-order valence-corrected chi connectivity index (χ2v) is 6.65. The number of carbonyl (C=O) groups excluding carboxylic acids is 2. The van der Waals surface area contributed by atoms with Crippen LogP contribution in [0.15, 0.2) is 12.4 Å². The summed E-state index contributed by atoms with van der Waals surface area (Å²) < 4.78 is 7.58. The number of carbonyl (C=O) groups is 2. The number of rotatable bonds is 3. The molecule has 3 amide bonds. The number of ether oxygens (including phenoxy) is 1. The molecule has 0 unspecified atom stereocenters. The van der Waals surface area contributed by atoms with Crippen LogP contribution in [0.3, 0.4) is 0 Å². The van der Waals surface area contributed by atoms with Crippen molar-refractivity contribution in [3.63, 3.8) is 0 Å². The molecule has 8 nitrogen and oxygen atoms in total. The summed E-state index contributed by atoms with van der Waals surface area (Å²) in [6, 6.07) is -0.0532. The van der Waals surface area contributed by atoms with Crippen LogP contribution in [0.5, 0.6) is 0 Å². The van der Waals surface area contributed by atoms with Crippen LogP contribution < -0.4 is 5.32 Å². The summed E-state index contributed by atoms with van der Waals surface area (Å²) in [6.07, 6.45) is 5.74. The minimum Gasteiger partial charge on any atom is -0.441 e. The van der Waals surface area contributed by atoms with Crippen molar-refractivity contribution in [2.45, 2.75) is 38.3 Å². The molecule has 1 aromatic rings. The zero-order valence-electron chi connectivity index (χ0n) is 14.3. The van der Waals surface area contributed by atoms with E-state index in [1.54, 1.807) is 18.1 Å². The molecule has 0 bridgehead atoms. The van der Waals surface area contributed by atoms with Gasteiger partial charge in [0.1, 0.15) is 11.4 Å². The Bertz CT molecular complexity index is 617. The first-order chi connectivity index (χ1) is 11.5. The normalized spacial score (nSPS) is 24.2. The van der Waals surface area contributed by atoms with Gasteiger partial charge in [0.05, 0.1) is 6.54 Å². The average molecular weight is 335 g/mol. The van der Waals surface area contributed by atoms with Crippen LogP contribution in [0.1, 0.15) is 25.1 Å². The zero-order valence-corrected chi connectivity index (χ0v) is 14.3. The van der Waals surface area contributed by atoms with E-state index in [-0.39, 0.29) is 12.1 Å². The number of hydrogen-bond acceptors (Lipinski definition) is 4. The standard InChI is InChI=1S/C16H25N5O3/c1-13-17-6-10-20(13)11-7-18-14(22)21-8-3-4-16(5-9-21)12-19(2)15(23)24-16/h6,10H,3-5,7-9,11-12H2,1-2H3,(H,18,22)/t16-/m1/s1. The highest BCUT2D eigenvalue weighted by Crippen LogP contribution is 2.32. The molecular weight excluding hydrogens is 310 g/mol. The number of likely N-dealkylation sites (N-methyl/N-ethyl adjacent to an activating group) is 1. The van der Waals surface area contributed by atoms with Crippen LogP contribution in [0, 0.1) is 6.92 Å². The number of likely N-dealkylation sites (tertiary alicyclic amines) is 1. The number of nitrogens with one attached hydrogen (secondary N) is 1. The Morgan fingerprint density at radius 1 is 1.42 bits per heavy atom. The quantitative estimate of drug-likeness (QED) is 0.900. The minimum atomic E-state index is -0.422. The molecule has 3 rings (SSSR count). The average Bonchev–Trinajstić information content (AvgIpc) is 2.98. The maximum absolute atomic E-state index is 12.4. The number of nitrogens with zero attached hydrogens (tertiary/aromatic N) is 4. The maximum Gasteiger partial charge on any atom is 0.410 e. The molecule has 0 radical (unpaired) electrons. The van der Waals surface area contributed by atoms with Gasteiger partial charge in [0.2, 0.25) is 0 Å². The first-order valence-corrected chi connectivity index (χ1v) is 8.44. The van der Waals surface area contributed by atoms with Crippen molar-refractivity contribution in [2.24, 2.45) is 0 Å². The molecule has 2 aliphatic heterocycles. The van der Waals surface area contributed by atoms with Crippen molar-refractivity contribution in [1.82, 2.24) is 24.7 Å². The topological polar surface area (TPSA) is 79.7 Å². The summed E-state index contributed by atoms with van der Waals surface area (Å²) in [5, 5.41) is 2.96. The van der Waals surface area contributed by atoms with Crippen LogP contribution in [0.25, 0.3) is 0 Å². The highest BCUT2D eigenvalue weighted by atomic mass is 16.6. The summed E-state index contributed by atoms with van der Waals surface area (Å²) in [6.45, 7) is 5.13. The predicted octanol–water partition coefficient (Wildman–Crippen LogP) is 1.21. The van der Waals surface area contributed by atoms with Crippen molar-refractivity contribution < 1.29 is 14.3 Å². The van der Waals surface area contributed by atoms with Gasteiger partial charge in [-0.05, 0) is 19.8 Å². The van der Waals surface area contributed by atoms with Crippen LogP contribution in [-0.4, -0.2) is 70.3 Å². The lowest BCUT2D eigenvalue weighted by Crippen LogP contribution is -2.42. The largest absolute Gasteiger partial charge is 0.441 e. The minimum absolute atomic E-state index is 0.0532. The fourth-order valence-electron chi connectivity index (χ4n) is 3.46. The van der Waals surface area contributed by atoms with Crippen LogP contribution in [0.2, 0.25) is 0 Å². The Morgan fingerprint density at radius 2 is 2.25 bits per heavy atom. The van der Waals surface area contributed by atoms with E-state index in [9.17, 15) is 9.59 Å². The van der Waals surface area contributed by atoms with Gasteiger partial charge in [-0.1, -0.05) is 0 Å². The van der Waals surface area contributed by atoms with Gasteiger partial charge < -0.3 is 24.4 Å². The third kappa shape index (κ3) is 3.47. The molecule has 8 heteroatoms. The molecule has 0 aliphatic carbocycles. The third-order valence-electron chi connectivity index (χ3n) is 4.88. The molecule has 0 saturated carbocycles. The number of amides is 3. The molecule has 1 spiro atoms. The van der Waals surface area contributed by atoms with E-state index < -0.39 is 5.60 Å². The fraction of sp³-hybridized carbons (Fsp3) is 0.688. The number of imidazole rings is 1. The Labute approximate surface area is 141 Å². The summed E-state index contributed by atoms with van der Waals surface area (Å²) in [7, 11) is 1.75. The van der Waals surface area contributed by atoms with E-state index in [1.165, 1.54) is 0 Å². The zero-order chi connectivity index (χ0) is 17.2. The van der Waals surface area contributed by atoms with E-state index in [0.717, 1.165) is 18.7 Å².